The van der Waals surface area contributed by atoms with Crippen LogP contribution in [0.2, 0.25) is 0 Å². The molecular formula is C10H21N3O. The van der Waals surface area contributed by atoms with Gasteiger partial charge in [0.1, 0.15) is 0 Å². The Kier molecular flexibility index (Phi) is 3.37. The second-order valence-electron chi connectivity index (χ2n) is 4.76. The molecule has 0 aromatic heterocycles. The van der Waals surface area contributed by atoms with Gasteiger partial charge in [-0.25, -0.2) is 4.79 Å². The van der Waals surface area contributed by atoms with Crippen LogP contribution in [0, 0.1) is 0 Å². The molecule has 1 saturated heterocycles. The Morgan fingerprint density at radius 3 is 2.64 bits per heavy atom. The fourth-order valence-electron chi connectivity index (χ4n) is 1.75. The molecule has 0 saturated carbocycles. The fraction of sp³-hybridized carbons (Fsp3) is 0.900. The average molecular weight is 199 g/mol. The maximum Gasteiger partial charge on any atom is 0.319 e. The van der Waals surface area contributed by atoms with E-state index in [0.717, 1.165) is 26.1 Å². The topological polar surface area (TPSA) is 35.6 Å². The third-order valence-corrected chi connectivity index (χ3v) is 2.45. The molecule has 0 atom stereocenters. The maximum absolute atomic E-state index is 11.8. The van der Waals surface area contributed by atoms with E-state index in [2.05, 4.69) is 19.2 Å². The number of carbonyl (C=O) groups excluding carboxylic acids is 1. The predicted octanol–water partition coefficient (Wildman–Crippen LogP) is 0.742. The van der Waals surface area contributed by atoms with Crippen molar-refractivity contribution < 1.29 is 4.79 Å². The van der Waals surface area contributed by atoms with Gasteiger partial charge in [0, 0.05) is 32.7 Å². The van der Waals surface area contributed by atoms with Crippen molar-refractivity contribution in [3.63, 3.8) is 0 Å². The molecule has 0 unspecified atom stereocenters. The molecular weight excluding hydrogens is 178 g/mol. The summed E-state index contributed by atoms with van der Waals surface area (Å²) in [5.74, 6) is 0. The molecule has 4 heteroatoms. The first-order valence-corrected chi connectivity index (χ1v) is 5.14. The lowest BCUT2D eigenvalue weighted by Crippen LogP contribution is -2.50. The minimum absolute atomic E-state index is 0.0299. The van der Waals surface area contributed by atoms with Gasteiger partial charge in [-0.15, -0.1) is 0 Å². The van der Waals surface area contributed by atoms with Gasteiger partial charge >= 0.3 is 6.03 Å². The number of urea groups is 1. The smallest absolute Gasteiger partial charge is 0.319 e. The third kappa shape index (κ3) is 2.87. The van der Waals surface area contributed by atoms with Crippen LogP contribution in [0.15, 0.2) is 0 Å². The monoisotopic (exact) mass is 199 g/mol. The van der Waals surface area contributed by atoms with Crippen molar-refractivity contribution in [2.45, 2.75) is 25.8 Å². The molecule has 14 heavy (non-hydrogen) atoms. The first-order chi connectivity index (χ1) is 6.42. The Hall–Kier alpha value is -0.770. The van der Waals surface area contributed by atoms with E-state index in [1.54, 1.807) is 19.0 Å². The van der Waals surface area contributed by atoms with E-state index in [9.17, 15) is 4.79 Å². The molecule has 1 aliphatic heterocycles. The lowest BCUT2D eigenvalue weighted by molar-refractivity contribution is 0.162. The van der Waals surface area contributed by atoms with E-state index in [1.807, 2.05) is 4.90 Å². The van der Waals surface area contributed by atoms with Crippen molar-refractivity contribution in [3.05, 3.63) is 0 Å². The summed E-state index contributed by atoms with van der Waals surface area (Å²) in [6.45, 7) is 6.89. The standard InChI is InChI=1S/C10H21N3O/c1-10(2)8-13(7-5-6-11-10)9(14)12(3)4/h11H,5-8H2,1-4H3. The van der Waals surface area contributed by atoms with Gasteiger partial charge in [0.2, 0.25) is 0 Å². The fourth-order valence-corrected chi connectivity index (χ4v) is 1.75. The minimum Gasteiger partial charge on any atom is -0.331 e. The van der Waals surface area contributed by atoms with Crippen LogP contribution in [0.25, 0.3) is 0 Å². The quantitative estimate of drug-likeness (QED) is 0.624. The maximum atomic E-state index is 11.8. The summed E-state index contributed by atoms with van der Waals surface area (Å²) in [5.41, 5.74) is 0.0299. The van der Waals surface area contributed by atoms with E-state index in [0.29, 0.717) is 0 Å². The summed E-state index contributed by atoms with van der Waals surface area (Å²) in [5, 5.41) is 3.43. The zero-order valence-corrected chi connectivity index (χ0v) is 9.63. The Balaban J connectivity index is 2.64. The molecule has 1 heterocycles. The van der Waals surface area contributed by atoms with Gasteiger partial charge in [0.15, 0.2) is 0 Å². The van der Waals surface area contributed by atoms with Crippen molar-refractivity contribution >= 4 is 6.03 Å². The SMILES string of the molecule is CN(C)C(=O)N1CCCNC(C)(C)C1. The molecule has 0 radical (unpaired) electrons. The zero-order chi connectivity index (χ0) is 10.8. The number of hydrogen-bond acceptors (Lipinski definition) is 2. The largest absolute Gasteiger partial charge is 0.331 e. The highest BCUT2D eigenvalue weighted by atomic mass is 16.2. The van der Waals surface area contributed by atoms with Crippen LogP contribution in [0.3, 0.4) is 0 Å². The van der Waals surface area contributed by atoms with Crippen molar-refractivity contribution in [2.24, 2.45) is 0 Å². The highest BCUT2D eigenvalue weighted by Crippen LogP contribution is 2.11. The van der Waals surface area contributed by atoms with Gasteiger partial charge in [-0.3, -0.25) is 0 Å². The number of carbonyl (C=O) groups is 1. The molecule has 1 N–H and O–H groups in total. The summed E-state index contributed by atoms with van der Waals surface area (Å²) in [6, 6.07) is 0.113. The zero-order valence-electron chi connectivity index (χ0n) is 9.63. The van der Waals surface area contributed by atoms with Crippen molar-refractivity contribution in [2.75, 3.05) is 33.7 Å². The molecule has 0 bridgehead atoms. The first kappa shape index (κ1) is 11.3. The van der Waals surface area contributed by atoms with Crippen LogP contribution in [0.1, 0.15) is 20.3 Å². The van der Waals surface area contributed by atoms with Crippen LogP contribution in [-0.4, -0.2) is 55.1 Å². The molecule has 1 fully saturated rings. The van der Waals surface area contributed by atoms with Crippen molar-refractivity contribution in [3.8, 4) is 0 Å². The highest BCUT2D eigenvalue weighted by molar-refractivity contribution is 5.73. The van der Waals surface area contributed by atoms with Crippen LogP contribution in [0.5, 0.6) is 0 Å². The summed E-state index contributed by atoms with van der Waals surface area (Å²) in [4.78, 5) is 15.3. The van der Waals surface area contributed by atoms with Crippen molar-refractivity contribution in [1.82, 2.24) is 15.1 Å². The molecule has 0 aromatic rings. The van der Waals surface area contributed by atoms with E-state index in [1.165, 1.54) is 0 Å². The summed E-state index contributed by atoms with van der Waals surface area (Å²) >= 11 is 0. The molecule has 0 spiro atoms. The molecule has 0 aromatic carbocycles. The Labute approximate surface area is 86.2 Å². The molecule has 4 nitrogen and oxygen atoms in total. The number of hydrogen-bond donors (Lipinski definition) is 1. The second kappa shape index (κ2) is 4.17. The number of nitrogens with zero attached hydrogens (tertiary/aromatic N) is 2. The minimum atomic E-state index is 0.0299. The molecule has 1 rings (SSSR count). The van der Waals surface area contributed by atoms with Crippen LogP contribution < -0.4 is 5.32 Å². The highest BCUT2D eigenvalue weighted by Gasteiger charge is 2.27. The summed E-state index contributed by atoms with van der Waals surface area (Å²) in [7, 11) is 3.60. The molecule has 1 aliphatic rings. The van der Waals surface area contributed by atoms with Gasteiger partial charge in [0.05, 0.1) is 0 Å². The lowest BCUT2D eigenvalue weighted by atomic mass is 10.1. The molecule has 2 amide bonds. The van der Waals surface area contributed by atoms with Gasteiger partial charge < -0.3 is 15.1 Å². The molecule has 82 valence electrons. The van der Waals surface area contributed by atoms with Crippen LogP contribution in [0.4, 0.5) is 4.79 Å². The molecule has 0 aliphatic carbocycles. The number of nitrogens with one attached hydrogen (secondary N) is 1. The third-order valence-electron chi connectivity index (χ3n) is 2.45. The second-order valence-corrected chi connectivity index (χ2v) is 4.76. The Morgan fingerprint density at radius 2 is 2.07 bits per heavy atom. The normalized spacial score (nSPS) is 21.6. The van der Waals surface area contributed by atoms with Gasteiger partial charge in [-0.05, 0) is 26.8 Å². The van der Waals surface area contributed by atoms with Gasteiger partial charge in [-0.2, -0.15) is 0 Å². The first-order valence-electron chi connectivity index (χ1n) is 5.14. The lowest BCUT2D eigenvalue weighted by Gasteiger charge is -2.31. The van der Waals surface area contributed by atoms with Crippen molar-refractivity contribution in [1.29, 1.82) is 0 Å². The summed E-state index contributed by atoms with van der Waals surface area (Å²) < 4.78 is 0. The van der Waals surface area contributed by atoms with E-state index in [4.69, 9.17) is 0 Å². The van der Waals surface area contributed by atoms with Crippen LogP contribution in [-0.2, 0) is 0 Å². The summed E-state index contributed by atoms with van der Waals surface area (Å²) in [6.07, 6.45) is 1.03. The predicted molar refractivity (Wildman–Crippen MR) is 57.4 cm³/mol. The number of amides is 2. The van der Waals surface area contributed by atoms with Gasteiger partial charge in [0.25, 0.3) is 0 Å². The van der Waals surface area contributed by atoms with E-state index in [-0.39, 0.29) is 11.6 Å². The Morgan fingerprint density at radius 1 is 1.43 bits per heavy atom. The van der Waals surface area contributed by atoms with Gasteiger partial charge in [-0.1, -0.05) is 0 Å². The van der Waals surface area contributed by atoms with E-state index >= 15 is 0 Å². The Bertz CT molecular complexity index is 213. The average Bonchev–Trinajstić information content (AvgIpc) is 2.24. The van der Waals surface area contributed by atoms with E-state index < -0.39 is 0 Å². The van der Waals surface area contributed by atoms with Crippen LogP contribution >= 0.6 is 0 Å². The number of rotatable bonds is 0.